The minimum Gasteiger partial charge on any atom is -0.495 e. The number of sulfonamides is 1. The van der Waals surface area contributed by atoms with Gasteiger partial charge in [-0.3, -0.25) is 0 Å². The fraction of sp³-hybridized carbons (Fsp3) is 0.500. The number of likely N-dealkylation sites (N-methyl/N-ethyl adjacent to an activating group) is 1. The summed E-state index contributed by atoms with van der Waals surface area (Å²) in [7, 11) is -2.28. The first-order valence-corrected chi connectivity index (χ1v) is 10.2. The van der Waals surface area contributed by atoms with Crippen LogP contribution in [0, 0.1) is 0 Å². The Morgan fingerprint density at radius 1 is 1.31 bits per heavy atom. The number of aromatic nitrogens is 1. The Bertz CT molecular complexity index is 814. The van der Waals surface area contributed by atoms with Crippen LogP contribution >= 0.6 is 0 Å². The van der Waals surface area contributed by atoms with Crippen LogP contribution in [0.3, 0.4) is 0 Å². The van der Waals surface area contributed by atoms with E-state index in [9.17, 15) is 8.42 Å². The molecule has 2 heterocycles. The molecular weight excluding hydrogens is 356 g/mol. The maximum Gasteiger partial charge on any atom is 0.246 e. The molecule has 142 valence electrons. The standard InChI is InChI=1S/C18H24N2O5S/c1-3-20(13-15-6-4-5-11-24-15)26(21,22)18-12-14(7-8-17(18)23-2)16-9-10-19-25-16/h7-10,12,15H,3-6,11,13H2,1-2H3. The summed E-state index contributed by atoms with van der Waals surface area (Å²) < 4.78 is 44.2. The summed E-state index contributed by atoms with van der Waals surface area (Å²) in [5, 5.41) is 3.68. The molecule has 0 N–H and O–H groups in total. The van der Waals surface area contributed by atoms with Crippen molar-refractivity contribution in [3.8, 4) is 17.1 Å². The van der Waals surface area contributed by atoms with Gasteiger partial charge in [-0.25, -0.2) is 8.42 Å². The Morgan fingerprint density at radius 3 is 2.77 bits per heavy atom. The predicted octanol–water partition coefficient (Wildman–Crippen LogP) is 2.93. The van der Waals surface area contributed by atoms with Gasteiger partial charge >= 0.3 is 0 Å². The van der Waals surface area contributed by atoms with E-state index in [-0.39, 0.29) is 11.0 Å². The van der Waals surface area contributed by atoms with Crippen LogP contribution in [-0.4, -0.2) is 50.8 Å². The average Bonchev–Trinajstić information content (AvgIpc) is 3.21. The lowest BCUT2D eigenvalue weighted by Crippen LogP contribution is -2.39. The number of methoxy groups -OCH3 is 1. The van der Waals surface area contributed by atoms with Gasteiger partial charge < -0.3 is 14.0 Å². The third-order valence-electron chi connectivity index (χ3n) is 4.54. The zero-order chi connectivity index (χ0) is 18.6. The number of hydrogen-bond acceptors (Lipinski definition) is 6. The SMILES string of the molecule is CCN(CC1CCCCO1)S(=O)(=O)c1cc(-c2ccno2)ccc1OC. The van der Waals surface area contributed by atoms with Gasteiger partial charge in [0.2, 0.25) is 10.0 Å². The van der Waals surface area contributed by atoms with E-state index in [1.54, 1.807) is 24.3 Å². The molecule has 0 spiro atoms. The van der Waals surface area contributed by atoms with Gasteiger partial charge in [-0.2, -0.15) is 4.31 Å². The lowest BCUT2D eigenvalue weighted by atomic mass is 10.1. The van der Waals surface area contributed by atoms with Crippen molar-refractivity contribution in [2.75, 3.05) is 26.8 Å². The molecule has 1 aliphatic heterocycles. The van der Waals surface area contributed by atoms with E-state index >= 15 is 0 Å². The monoisotopic (exact) mass is 380 g/mol. The largest absolute Gasteiger partial charge is 0.495 e. The minimum atomic E-state index is -3.74. The molecule has 1 aromatic carbocycles. The number of ether oxygens (including phenoxy) is 2. The van der Waals surface area contributed by atoms with Crippen molar-refractivity contribution in [1.29, 1.82) is 0 Å². The van der Waals surface area contributed by atoms with Crippen LogP contribution < -0.4 is 4.74 Å². The molecule has 3 rings (SSSR count). The molecule has 0 aliphatic carbocycles. The molecule has 1 fully saturated rings. The predicted molar refractivity (Wildman–Crippen MR) is 96.5 cm³/mol. The Balaban J connectivity index is 1.94. The van der Waals surface area contributed by atoms with Crippen molar-refractivity contribution in [2.45, 2.75) is 37.2 Å². The lowest BCUT2D eigenvalue weighted by molar-refractivity contribution is 0.00669. The van der Waals surface area contributed by atoms with Crippen molar-refractivity contribution < 1.29 is 22.4 Å². The van der Waals surface area contributed by atoms with Crippen molar-refractivity contribution in [2.24, 2.45) is 0 Å². The van der Waals surface area contributed by atoms with E-state index in [1.165, 1.54) is 17.6 Å². The molecule has 0 amide bonds. The highest BCUT2D eigenvalue weighted by atomic mass is 32.2. The van der Waals surface area contributed by atoms with Crippen LogP contribution in [0.2, 0.25) is 0 Å². The molecule has 1 saturated heterocycles. The summed E-state index contributed by atoms with van der Waals surface area (Å²) in [6.45, 7) is 3.21. The molecule has 0 radical (unpaired) electrons. The highest BCUT2D eigenvalue weighted by molar-refractivity contribution is 7.89. The molecule has 2 aromatic rings. The van der Waals surface area contributed by atoms with E-state index in [1.807, 2.05) is 6.92 Å². The summed E-state index contributed by atoms with van der Waals surface area (Å²) in [5.74, 6) is 0.805. The summed E-state index contributed by atoms with van der Waals surface area (Å²) in [6, 6.07) is 6.64. The second kappa shape index (κ2) is 8.20. The van der Waals surface area contributed by atoms with Gasteiger partial charge in [-0.1, -0.05) is 12.1 Å². The van der Waals surface area contributed by atoms with Crippen LogP contribution in [0.1, 0.15) is 26.2 Å². The smallest absolute Gasteiger partial charge is 0.246 e. The maximum atomic E-state index is 13.3. The van der Waals surface area contributed by atoms with Gasteiger partial charge in [0.25, 0.3) is 0 Å². The summed E-state index contributed by atoms with van der Waals surface area (Å²) in [4.78, 5) is 0.117. The molecule has 0 bridgehead atoms. The maximum absolute atomic E-state index is 13.3. The zero-order valence-electron chi connectivity index (χ0n) is 15.1. The van der Waals surface area contributed by atoms with Crippen molar-refractivity contribution in [1.82, 2.24) is 9.46 Å². The molecular formula is C18H24N2O5S. The van der Waals surface area contributed by atoms with Gasteiger partial charge in [0.05, 0.1) is 19.4 Å². The molecule has 1 aliphatic rings. The van der Waals surface area contributed by atoms with E-state index in [4.69, 9.17) is 14.0 Å². The van der Waals surface area contributed by atoms with E-state index < -0.39 is 10.0 Å². The van der Waals surface area contributed by atoms with Gasteiger partial charge in [0.1, 0.15) is 10.6 Å². The van der Waals surface area contributed by atoms with Crippen molar-refractivity contribution in [3.63, 3.8) is 0 Å². The summed E-state index contributed by atoms with van der Waals surface area (Å²) in [5.41, 5.74) is 0.631. The molecule has 1 atom stereocenters. The van der Waals surface area contributed by atoms with E-state index in [0.29, 0.717) is 36.8 Å². The van der Waals surface area contributed by atoms with Crippen molar-refractivity contribution >= 4 is 10.0 Å². The van der Waals surface area contributed by atoms with Gasteiger partial charge in [-0.05, 0) is 37.5 Å². The fourth-order valence-electron chi connectivity index (χ4n) is 3.11. The highest BCUT2D eigenvalue weighted by Gasteiger charge is 2.30. The Kier molecular flexibility index (Phi) is 5.95. The first-order valence-electron chi connectivity index (χ1n) is 8.77. The second-order valence-corrected chi connectivity index (χ2v) is 8.09. The molecule has 26 heavy (non-hydrogen) atoms. The van der Waals surface area contributed by atoms with Crippen LogP contribution in [0.25, 0.3) is 11.3 Å². The minimum absolute atomic E-state index is 0.0677. The van der Waals surface area contributed by atoms with E-state index in [2.05, 4.69) is 5.16 Å². The quantitative estimate of drug-likeness (QED) is 0.735. The lowest BCUT2D eigenvalue weighted by Gasteiger charge is -2.29. The first kappa shape index (κ1) is 18.9. The van der Waals surface area contributed by atoms with Crippen molar-refractivity contribution in [3.05, 3.63) is 30.5 Å². The molecule has 8 heteroatoms. The molecule has 1 unspecified atom stereocenters. The van der Waals surface area contributed by atoms with Crippen LogP contribution in [0.5, 0.6) is 5.75 Å². The fourth-order valence-corrected chi connectivity index (χ4v) is 4.77. The second-order valence-electron chi connectivity index (χ2n) is 6.19. The first-order chi connectivity index (χ1) is 12.6. The van der Waals surface area contributed by atoms with E-state index in [0.717, 1.165) is 19.3 Å². The Hall–Kier alpha value is -1.90. The Morgan fingerprint density at radius 2 is 2.15 bits per heavy atom. The summed E-state index contributed by atoms with van der Waals surface area (Å²) in [6.07, 6.45) is 4.42. The normalized spacial score (nSPS) is 18.2. The molecule has 1 aromatic heterocycles. The van der Waals surface area contributed by atoms with Crippen LogP contribution in [-0.2, 0) is 14.8 Å². The summed E-state index contributed by atoms with van der Waals surface area (Å²) >= 11 is 0. The van der Waals surface area contributed by atoms with Gasteiger partial charge in [0.15, 0.2) is 5.76 Å². The molecule has 7 nitrogen and oxygen atoms in total. The highest BCUT2D eigenvalue weighted by Crippen LogP contribution is 2.32. The Labute approximate surface area is 153 Å². The van der Waals surface area contributed by atoms with Gasteiger partial charge in [0, 0.05) is 31.3 Å². The number of hydrogen-bond donors (Lipinski definition) is 0. The number of nitrogens with zero attached hydrogens (tertiary/aromatic N) is 2. The average molecular weight is 380 g/mol. The number of benzene rings is 1. The number of rotatable bonds is 7. The molecule has 0 saturated carbocycles. The zero-order valence-corrected chi connectivity index (χ0v) is 15.9. The van der Waals surface area contributed by atoms with Crippen LogP contribution in [0.4, 0.5) is 0 Å². The van der Waals surface area contributed by atoms with Crippen LogP contribution in [0.15, 0.2) is 39.9 Å². The van der Waals surface area contributed by atoms with Gasteiger partial charge in [-0.15, -0.1) is 0 Å². The topological polar surface area (TPSA) is 81.9 Å². The third-order valence-corrected chi connectivity index (χ3v) is 6.50. The third kappa shape index (κ3) is 3.92.